The van der Waals surface area contributed by atoms with Crippen LogP contribution in [0.1, 0.15) is 64.0 Å². The van der Waals surface area contributed by atoms with E-state index in [1.807, 2.05) is 75.4 Å². The summed E-state index contributed by atoms with van der Waals surface area (Å²) in [5.41, 5.74) is 1.62. The van der Waals surface area contributed by atoms with Crippen molar-refractivity contribution in [1.29, 1.82) is 0 Å². The average Bonchev–Trinajstić information content (AvgIpc) is 2.98. The first kappa shape index (κ1) is 35.3. The van der Waals surface area contributed by atoms with Crippen LogP contribution in [0.15, 0.2) is 79.9 Å². The molecule has 234 valence electrons. The van der Waals surface area contributed by atoms with Crippen LogP contribution in [0.25, 0.3) is 0 Å². The molecule has 8 nitrogen and oxygen atoms in total. The lowest BCUT2D eigenvalue weighted by Gasteiger charge is -2.32. The van der Waals surface area contributed by atoms with E-state index in [1.54, 1.807) is 12.2 Å². The molecule has 0 saturated heterocycles. The Balaban J connectivity index is 1.91. The van der Waals surface area contributed by atoms with E-state index in [0.29, 0.717) is 25.9 Å². The fourth-order valence-corrected chi connectivity index (χ4v) is 4.34. The van der Waals surface area contributed by atoms with E-state index in [1.165, 1.54) is 0 Å². The number of carbonyl (C=O) groups is 3. The molecule has 0 aromatic heterocycles. The number of nitrogens with one attached hydrogen (secondary N) is 2. The summed E-state index contributed by atoms with van der Waals surface area (Å²) in [4.78, 5) is 38.3. The highest BCUT2D eigenvalue weighted by Crippen LogP contribution is 2.22. The van der Waals surface area contributed by atoms with Gasteiger partial charge in [0.1, 0.15) is 19.0 Å². The minimum absolute atomic E-state index is 0.0395. The van der Waals surface area contributed by atoms with Gasteiger partial charge in [0.15, 0.2) is 0 Å². The van der Waals surface area contributed by atoms with E-state index in [9.17, 15) is 19.5 Å². The highest BCUT2D eigenvalue weighted by Gasteiger charge is 2.31. The fraction of sp³-hybridized carbons (Fsp3) is 0.457. The van der Waals surface area contributed by atoms with Gasteiger partial charge < -0.3 is 25.2 Å². The SMILES string of the molecule is C=CCCCC(=O)OC[C@@H](NC(=O)[C@H](CC=C)CC(=O)N[C@H](CO)Cc1ccc(OCc2ccccc2)cc1)C(C)(C)C. The standard InChI is InChI=1S/C35H48N2O6/c1-6-8-10-16-33(40)43-25-31(35(3,4)5)37-34(41)28(13-7-2)22-32(39)36-29(23-38)21-26-17-19-30(20-18-26)42-24-27-14-11-9-12-15-27/h6-7,9,11-12,14-15,17-20,28-29,31,38H,1-2,8,10,13,16,21-25H2,3-5H3,(H,36,39)(H,37,41)/t28-,29+,31-/m1/s1. The zero-order chi connectivity index (χ0) is 31.7. The second-order valence-electron chi connectivity index (χ2n) is 11.8. The zero-order valence-electron chi connectivity index (χ0n) is 25.8. The van der Waals surface area contributed by atoms with Crippen molar-refractivity contribution in [2.24, 2.45) is 11.3 Å². The molecule has 2 aromatic carbocycles. The highest BCUT2D eigenvalue weighted by molar-refractivity contribution is 5.86. The van der Waals surface area contributed by atoms with Gasteiger partial charge in [0.25, 0.3) is 0 Å². The van der Waals surface area contributed by atoms with Crippen molar-refractivity contribution >= 4 is 17.8 Å². The maximum atomic E-state index is 13.3. The van der Waals surface area contributed by atoms with Crippen LogP contribution in [0.4, 0.5) is 0 Å². The van der Waals surface area contributed by atoms with Crippen LogP contribution in [-0.4, -0.2) is 48.2 Å². The quantitative estimate of drug-likeness (QED) is 0.116. The van der Waals surface area contributed by atoms with Gasteiger partial charge in [-0.3, -0.25) is 14.4 Å². The topological polar surface area (TPSA) is 114 Å². The molecular formula is C35H48N2O6. The van der Waals surface area contributed by atoms with Gasteiger partial charge >= 0.3 is 5.97 Å². The van der Waals surface area contributed by atoms with Crippen LogP contribution >= 0.6 is 0 Å². The van der Waals surface area contributed by atoms with Crippen LogP contribution in [0, 0.1) is 11.3 Å². The Hall–Kier alpha value is -3.91. The Morgan fingerprint density at radius 1 is 0.953 bits per heavy atom. The summed E-state index contributed by atoms with van der Waals surface area (Å²) >= 11 is 0. The summed E-state index contributed by atoms with van der Waals surface area (Å²) in [6.07, 6.45) is 5.68. The van der Waals surface area contributed by atoms with Crippen LogP contribution in [-0.2, 0) is 32.1 Å². The first-order valence-corrected chi connectivity index (χ1v) is 14.9. The van der Waals surface area contributed by atoms with Gasteiger partial charge in [0.2, 0.25) is 11.8 Å². The molecule has 0 aliphatic carbocycles. The van der Waals surface area contributed by atoms with E-state index < -0.39 is 18.0 Å². The van der Waals surface area contributed by atoms with Crippen molar-refractivity contribution in [3.05, 3.63) is 91.0 Å². The third kappa shape index (κ3) is 13.7. The molecule has 0 spiro atoms. The Morgan fingerprint density at radius 2 is 1.65 bits per heavy atom. The summed E-state index contributed by atoms with van der Waals surface area (Å²) in [7, 11) is 0. The molecule has 0 unspecified atom stereocenters. The summed E-state index contributed by atoms with van der Waals surface area (Å²) in [6.45, 7) is 13.5. The minimum Gasteiger partial charge on any atom is -0.489 e. The average molecular weight is 593 g/mol. The monoisotopic (exact) mass is 592 g/mol. The third-order valence-corrected chi connectivity index (χ3v) is 7.06. The number of carbonyl (C=O) groups excluding carboxylic acids is 3. The number of aliphatic hydroxyl groups excluding tert-OH is 1. The summed E-state index contributed by atoms with van der Waals surface area (Å²) in [5.74, 6) is -0.913. The normalized spacial score (nSPS) is 13.2. The van der Waals surface area contributed by atoms with Gasteiger partial charge in [-0.25, -0.2) is 0 Å². The predicted octanol–water partition coefficient (Wildman–Crippen LogP) is 5.30. The van der Waals surface area contributed by atoms with Gasteiger partial charge in [0.05, 0.1) is 24.6 Å². The number of unbranched alkanes of at least 4 members (excludes halogenated alkanes) is 1. The van der Waals surface area contributed by atoms with Crippen molar-refractivity contribution in [1.82, 2.24) is 10.6 Å². The van der Waals surface area contributed by atoms with Gasteiger partial charge in [-0.15, -0.1) is 13.2 Å². The van der Waals surface area contributed by atoms with Gasteiger partial charge in [-0.2, -0.15) is 0 Å². The largest absolute Gasteiger partial charge is 0.489 e. The van der Waals surface area contributed by atoms with E-state index in [2.05, 4.69) is 23.8 Å². The van der Waals surface area contributed by atoms with Gasteiger partial charge in [0, 0.05) is 12.8 Å². The Kier molecular flexibility index (Phi) is 15.3. The Bertz CT molecular complexity index is 1160. The fourth-order valence-electron chi connectivity index (χ4n) is 4.34. The number of benzene rings is 2. The smallest absolute Gasteiger partial charge is 0.305 e. The third-order valence-electron chi connectivity index (χ3n) is 7.06. The lowest BCUT2D eigenvalue weighted by atomic mass is 9.86. The van der Waals surface area contributed by atoms with Crippen molar-refractivity contribution in [3.8, 4) is 5.75 Å². The molecule has 2 rings (SSSR count). The maximum absolute atomic E-state index is 13.3. The van der Waals surface area contributed by atoms with E-state index in [-0.39, 0.29) is 49.3 Å². The molecule has 43 heavy (non-hydrogen) atoms. The number of ether oxygens (including phenoxy) is 2. The van der Waals surface area contributed by atoms with Crippen LogP contribution < -0.4 is 15.4 Å². The van der Waals surface area contributed by atoms with Crippen molar-refractivity contribution in [2.75, 3.05) is 13.2 Å². The summed E-state index contributed by atoms with van der Waals surface area (Å²) < 4.78 is 11.3. The maximum Gasteiger partial charge on any atom is 0.305 e. The highest BCUT2D eigenvalue weighted by atomic mass is 16.5. The number of hydrogen-bond donors (Lipinski definition) is 3. The van der Waals surface area contributed by atoms with Crippen LogP contribution in [0.2, 0.25) is 0 Å². The molecular weight excluding hydrogens is 544 g/mol. The molecule has 8 heteroatoms. The Labute approximate surface area is 256 Å². The van der Waals surface area contributed by atoms with E-state index in [0.717, 1.165) is 23.3 Å². The van der Waals surface area contributed by atoms with Gasteiger partial charge in [-0.05, 0) is 54.4 Å². The molecule has 0 saturated carbocycles. The number of allylic oxidation sites excluding steroid dienone is 2. The first-order chi connectivity index (χ1) is 20.5. The first-order valence-electron chi connectivity index (χ1n) is 14.9. The molecule has 0 aliphatic rings. The van der Waals surface area contributed by atoms with Crippen molar-refractivity contribution in [3.63, 3.8) is 0 Å². The minimum atomic E-state index is -0.661. The molecule has 0 radical (unpaired) electrons. The molecule has 0 heterocycles. The van der Waals surface area contributed by atoms with Gasteiger partial charge in [-0.1, -0.05) is 75.4 Å². The number of esters is 1. The van der Waals surface area contributed by atoms with Crippen LogP contribution in [0.5, 0.6) is 5.75 Å². The lowest BCUT2D eigenvalue weighted by Crippen LogP contribution is -2.50. The Morgan fingerprint density at radius 3 is 2.26 bits per heavy atom. The number of aliphatic hydroxyl groups is 1. The van der Waals surface area contributed by atoms with Crippen LogP contribution in [0.3, 0.4) is 0 Å². The van der Waals surface area contributed by atoms with Crippen molar-refractivity contribution in [2.45, 2.75) is 78.0 Å². The molecule has 2 amide bonds. The second-order valence-corrected chi connectivity index (χ2v) is 11.8. The number of amides is 2. The molecule has 3 atom stereocenters. The molecule has 3 N–H and O–H groups in total. The molecule has 0 fully saturated rings. The summed E-state index contributed by atoms with van der Waals surface area (Å²) in [5, 5.41) is 15.8. The zero-order valence-corrected chi connectivity index (χ0v) is 25.8. The lowest BCUT2D eigenvalue weighted by molar-refractivity contribution is -0.146. The number of hydrogen-bond acceptors (Lipinski definition) is 6. The summed E-state index contributed by atoms with van der Waals surface area (Å²) in [6, 6.07) is 16.5. The van der Waals surface area contributed by atoms with Crippen molar-refractivity contribution < 1.29 is 29.0 Å². The molecule has 0 bridgehead atoms. The predicted molar refractivity (Wildman–Crippen MR) is 169 cm³/mol. The van der Waals surface area contributed by atoms with E-state index >= 15 is 0 Å². The molecule has 2 aromatic rings. The number of rotatable bonds is 19. The second kappa shape index (κ2) is 18.6. The molecule has 0 aliphatic heterocycles. The van der Waals surface area contributed by atoms with E-state index in [4.69, 9.17) is 9.47 Å².